The molecule has 4 N–H and O–H groups in total. The minimum Gasteiger partial charge on any atom is -0.448 e. The van der Waals surface area contributed by atoms with Gasteiger partial charge in [-0.3, -0.25) is 9.59 Å². The molecule has 2 heterocycles. The standard InChI is InChI=1S/C17H14ClN3O4S/c1-8(15(23)21-16-10(14(19)22)6-7-26-16)25-17(24)13-12(18)9-4-2-3-5-11(9)20-13/h2-8,20H,1H3,(H2,19,22)(H,21,23). The highest BCUT2D eigenvalue weighted by Crippen LogP contribution is 2.28. The number of aromatic nitrogens is 1. The van der Waals surface area contributed by atoms with E-state index in [1.54, 1.807) is 29.6 Å². The van der Waals surface area contributed by atoms with Crippen LogP contribution in [0.25, 0.3) is 10.9 Å². The summed E-state index contributed by atoms with van der Waals surface area (Å²) in [6.45, 7) is 1.42. The van der Waals surface area contributed by atoms with Gasteiger partial charge in [-0.2, -0.15) is 0 Å². The first kappa shape index (κ1) is 18.0. The Balaban J connectivity index is 1.72. The molecule has 2 amide bonds. The van der Waals surface area contributed by atoms with E-state index in [2.05, 4.69) is 10.3 Å². The van der Waals surface area contributed by atoms with E-state index in [1.165, 1.54) is 13.0 Å². The van der Waals surface area contributed by atoms with Crippen molar-refractivity contribution in [2.45, 2.75) is 13.0 Å². The Labute approximate surface area is 157 Å². The van der Waals surface area contributed by atoms with Crippen LogP contribution in [-0.4, -0.2) is 28.9 Å². The van der Waals surface area contributed by atoms with Gasteiger partial charge >= 0.3 is 5.97 Å². The molecule has 2 aromatic heterocycles. The highest BCUT2D eigenvalue weighted by Gasteiger charge is 2.24. The van der Waals surface area contributed by atoms with E-state index in [-0.39, 0.29) is 16.3 Å². The average Bonchev–Trinajstić information content (AvgIpc) is 3.20. The number of H-pyrrole nitrogens is 1. The highest BCUT2D eigenvalue weighted by molar-refractivity contribution is 7.14. The number of anilines is 1. The predicted octanol–water partition coefficient (Wildman–Crippen LogP) is 3.17. The molecule has 0 aliphatic carbocycles. The van der Waals surface area contributed by atoms with Crippen LogP contribution in [0.2, 0.25) is 5.02 Å². The molecule has 1 aromatic carbocycles. The zero-order valence-electron chi connectivity index (χ0n) is 13.5. The molecule has 0 radical (unpaired) electrons. The van der Waals surface area contributed by atoms with Gasteiger partial charge in [0, 0.05) is 10.9 Å². The number of amides is 2. The lowest BCUT2D eigenvalue weighted by Crippen LogP contribution is -2.30. The maximum Gasteiger partial charge on any atom is 0.357 e. The van der Waals surface area contributed by atoms with Gasteiger partial charge < -0.3 is 20.8 Å². The van der Waals surface area contributed by atoms with Crippen molar-refractivity contribution >= 4 is 56.6 Å². The topological polar surface area (TPSA) is 114 Å². The smallest absolute Gasteiger partial charge is 0.357 e. The Bertz CT molecular complexity index is 1010. The fourth-order valence-corrected chi connectivity index (χ4v) is 3.42. The Morgan fingerprint density at radius 2 is 2.00 bits per heavy atom. The van der Waals surface area contributed by atoms with Crippen LogP contribution in [0.4, 0.5) is 5.00 Å². The fraction of sp³-hybridized carbons (Fsp3) is 0.118. The van der Waals surface area contributed by atoms with Gasteiger partial charge in [-0.15, -0.1) is 11.3 Å². The summed E-state index contributed by atoms with van der Waals surface area (Å²) in [6, 6.07) is 8.64. The molecule has 3 aromatic rings. The number of hydrogen-bond acceptors (Lipinski definition) is 5. The zero-order valence-corrected chi connectivity index (χ0v) is 15.1. The number of thiophene rings is 1. The number of esters is 1. The summed E-state index contributed by atoms with van der Waals surface area (Å²) in [5.41, 5.74) is 6.19. The van der Waals surface area contributed by atoms with Crippen LogP contribution < -0.4 is 11.1 Å². The number of nitrogens with two attached hydrogens (primary N) is 1. The SMILES string of the molecule is CC(OC(=O)c1[nH]c2ccccc2c1Cl)C(=O)Nc1sccc1C(N)=O. The van der Waals surface area contributed by atoms with Crippen molar-refractivity contribution < 1.29 is 19.1 Å². The van der Waals surface area contributed by atoms with Crippen molar-refractivity contribution in [3.8, 4) is 0 Å². The van der Waals surface area contributed by atoms with Gasteiger partial charge in [0.25, 0.3) is 11.8 Å². The minimum atomic E-state index is -1.10. The van der Waals surface area contributed by atoms with Crippen LogP contribution in [-0.2, 0) is 9.53 Å². The quantitative estimate of drug-likeness (QED) is 0.579. The molecule has 0 spiro atoms. The second-order valence-electron chi connectivity index (χ2n) is 5.42. The molecule has 3 rings (SSSR count). The molecule has 134 valence electrons. The van der Waals surface area contributed by atoms with Crippen LogP contribution in [0.5, 0.6) is 0 Å². The van der Waals surface area contributed by atoms with Crippen molar-refractivity contribution in [2.24, 2.45) is 5.73 Å². The number of para-hydroxylation sites is 1. The number of rotatable bonds is 5. The third kappa shape index (κ3) is 3.42. The molecule has 9 heteroatoms. The lowest BCUT2D eigenvalue weighted by atomic mass is 10.2. The molecular formula is C17H14ClN3O4S. The first-order valence-corrected chi connectivity index (χ1v) is 8.79. The van der Waals surface area contributed by atoms with Gasteiger partial charge in [-0.25, -0.2) is 4.79 Å². The number of carbonyl (C=O) groups is 3. The number of hydrogen-bond donors (Lipinski definition) is 3. The summed E-state index contributed by atoms with van der Waals surface area (Å²) in [6.07, 6.45) is -1.10. The van der Waals surface area contributed by atoms with Gasteiger partial charge in [-0.1, -0.05) is 29.8 Å². The van der Waals surface area contributed by atoms with E-state index in [0.717, 1.165) is 11.3 Å². The van der Waals surface area contributed by atoms with Crippen molar-refractivity contribution in [1.29, 1.82) is 0 Å². The third-order valence-electron chi connectivity index (χ3n) is 3.67. The van der Waals surface area contributed by atoms with E-state index >= 15 is 0 Å². The molecule has 1 atom stereocenters. The van der Waals surface area contributed by atoms with Gasteiger partial charge in [-0.05, 0) is 24.4 Å². The highest BCUT2D eigenvalue weighted by atomic mass is 35.5. The number of carbonyl (C=O) groups excluding carboxylic acids is 3. The Morgan fingerprint density at radius 3 is 2.69 bits per heavy atom. The number of nitrogens with one attached hydrogen (secondary N) is 2. The zero-order chi connectivity index (χ0) is 18.8. The Morgan fingerprint density at radius 1 is 1.27 bits per heavy atom. The second-order valence-corrected chi connectivity index (χ2v) is 6.72. The number of benzene rings is 1. The summed E-state index contributed by atoms with van der Waals surface area (Å²) in [7, 11) is 0. The lowest BCUT2D eigenvalue weighted by Gasteiger charge is -2.13. The van der Waals surface area contributed by atoms with Crippen molar-refractivity contribution in [2.75, 3.05) is 5.32 Å². The van der Waals surface area contributed by atoms with Crippen molar-refractivity contribution in [3.63, 3.8) is 0 Å². The molecule has 0 bridgehead atoms. The fourth-order valence-electron chi connectivity index (χ4n) is 2.33. The molecule has 0 saturated carbocycles. The molecule has 26 heavy (non-hydrogen) atoms. The Kier molecular flexibility index (Phi) is 4.97. The molecule has 1 unspecified atom stereocenters. The van der Waals surface area contributed by atoms with Crippen LogP contribution in [0.15, 0.2) is 35.7 Å². The van der Waals surface area contributed by atoms with Crippen molar-refractivity contribution in [3.05, 3.63) is 52.0 Å². The van der Waals surface area contributed by atoms with Crippen LogP contribution in [0, 0.1) is 0 Å². The largest absolute Gasteiger partial charge is 0.448 e. The van der Waals surface area contributed by atoms with Crippen LogP contribution in [0.1, 0.15) is 27.8 Å². The maximum atomic E-state index is 12.3. The second kappa shape index (κ2) is 7.19. The predicted molar refractivity (Wildman–Crippen MR) is 99.7 cm³/mol. The normalized spacial score (nSPS) is 11.9. The van der Waals surface area contributed by atoms with E-state index in [9.17, 15) is 14.4 Å². The van der Waals surface area contributed by atoms with Crippen molar-refractivity contribution in [1.82, 2.24) is 4.98 Å². The molecule has 0 aliphatic heterocycles. The maximum absolute atomic E-state index is 12.3. The van der Waals surface area contributed by atoms with E-state index in [0.29, 0.717) is 15.9 Å². The van der Waals surface area contributed by atoms with Crippen LogP contribution in [0.3, 0.4) is 0 Å². The van der Waals surface area contributed by atoms with E-state index in [1.807, 2.05) is 0 Å². The summed E-state index contributed by atoms with van der Waals surface area (Å²) in [5.74, 6) is -2.00. The number of aromatic amines is 1. The van der Waals surface area contributed by atoms with Gasteiger partial charge in [0.15, 0.2) is 6.10 Å². The van der Waals surface area contributed by atoms with E-state index in [4.69, 9.17) is 22.1 Å². The molecule has 0 fully saturated rings. The average molecular weight is 392 g/mol. The first-order valence-electron chi connectivity index (χ1n) is 7.54. The van der Waals surface area contributed by atoms with Crippen LogP contribution >= 0.6 is 22.9 Å². The third-order valence-corrected chi connectivity index (χ3v) is 4.89. The molecule has 0 aliphatic rings. The number of ether oxygens (including phenoxy) is 1. The summed E-state index contributed by atoms with van der Waals surface area (Å²) >= 11 is 7.35. The molecule has 0 saturated heterocycles. The van der Waals surface area contributed by atoms with Gasteiger partial charge in [0.05, 0.1) is 10.6 Å². The minimum absolute atomic E-state index is 0.0708. The monoisotopic (exact) mass is 391 g/mol. The lowest BCUT2D eigenvalue weighted by molar-refractivity contribution is -0.123. The number of halogens is 1. The number of primary amides is 1. The van der Waals surface area contributed by atoms with E-state index < -0.39 is 23.9 Å². The van der Waals surface area contributed by atoms with Gasteiger partial charge in [0.2, 0.25) is 0 Å². The summed E-state index contributed by atoms with van der Waals surface area (Å²) in [4.78, 5) is 38.7. The summed E-state index contributed by atoms with van der Waals surface area (Å²) < 4.78 is 5.18. The first-order chi connectivity index (χ1) is 12.4. The number of fused-ring (bicyclic) bond motifs is 1. The Hall–Kier alpha value is -2.84. The van der Waals surface area contributed by atoms with Gasteiger partial charge in [0.1, 0.15) is 10.7 Å². The molecular weight excluding hydrogens is 378 g/mol. The molecule has 7 nitrogen and oxygen atoms in total. The summed E-state index contributed by atoms with van der Waals surface area (Å²) in [5, 5.41) is 5.36.